The Morgan fingerprint density at radius 3 is 2.15 bits per heavy atom. The molecule has 0 aromatic heterocycles. The van der Waals surface area contributed by atoms with Gasteiger partial charge in [0.25, 0.3) is 0 Å². The van der Waals surface area contributed by atoms with Gasteiger partial charge in [-0.2, -0.15) is 5.10 Å². The molecular formula is C31H28N2O. The van der Waals surface area contributed by atoms with Crippen molar-refractivity contribution in [2.45, 2.75) is 25.2 Å². The average Bonchev–Trinajstić information content (AvgIpc) is 2.91. The number of rotatable bonds is 7. The lowest BCUT2D eigenvalue weighted by Gasteiger charge is -2.31. The lowest BCUT2D eigenvalue weighted by molar-refractivity contribution is 0.0880. The van der Waals surface area contributed by atoms with Crippen molar-refractivity contribution in [2.24, 2.45) is 11.0 Å². The van der Waals surface area contributed by atoms with Crippen molar-refractivity contribution in [3.8, 4) is 0 Å². The average molecular weight is 445 g/mol. The minimum Gasteiger partial charge on any atom is -0.294 e. The first-order chi connectivity index (χ1) is 16.8. The predicted molar refractivity (Wildman–Crippen MR) is 139 cm³/mol. The molecule has 168 valence electrons. The summed E-state index contributed by atoms with van der Waals surface area (Å²) in [5.41, 5.74) is 9.41. The summed E-state index contributed by atoms with van der Waals surface area (Å²) in [7, 11) is 0. The number of para-hydroxylation sites is 1. The molecule has 0 fully saturated rings. The van der Waals surface area contributed by atoms with E-state index in [-0.39, 0.29) is 17.6 Å². The number of fused-ring (bicyclic) bond motifs is 1. The molecule has 1 aliphatic rings. The van der Waals surface area contributed by atoms with Crippen LogP contribution in [0.5, 0.6) is 0 Å². The first-order valence-electron chi connectivity index (χ1n) is 11.9. The lowest BCUT2D eigenvalue weighted by atomic mass is 9.71. The highest BCUT2D eigenvalue weighted by Crippen LogP contribution is 2.38. The first-order valence-corrected chi connectivity index (χ1v) is 11.9. The van der Waals surface area contributed by atoms with Gasteiger partial charge in [0.15, 0.2) is 5.78 Å². The van der Waals surface area contributed by atoms with Crippen molar-refractivity contribution < 1.29 is 4.79 Å². The van der Waals surface area contributed by atoms with Crippen molar-refractivity contribution in [1.82, 2.24) is 0 Å². The molecule has 1 N–H and O–H groups in total. The largest absolute Gasteiger partial charge is 0.294 e. The number of hydrazone groups is 1. The van der Waals surface area contributed by atoms with Gasteiger partial charge in [0, 0.05) is 11.5 Å². The summed E-state index contributed by atoms with van der Waals surface area (Å²) in [6, 6.07) is 38.7. The topological polar surface area (TPSA) is 41.5 Å². The monoisotopic (exact) mass is 444 g/mol. The normalized spacial score (nSPS) is 16.5. The second-order valence-corrected chi connectivity index (χ2v) is 8.79. The number of nitrogens with zero attached hydrogens (tertiary/aromatic N) is 1. The van der Waals surface area contributed by atoms with Crippen LogP contribution in [-0.2, 0) is 6.42 Å². The van der Waals surface area contributed by atoms with Crippen LogP contribution in [-0.4, -0.2) is 11.5 Å². The number of ketones is 1. The van der Waals surface area contributed by atoms with Crippen LogP contribution < -0.4 is 5.43 Å². The highest BCUT2D eigenvalue weighted by molar-refractivity contribution is 6.04. The molecule has 0 amide bonds. The molecule has 0 radical (unpaired) electrons. The molecule has 3 heteroatoms. The Balaban J connectivity index is 1.52. The summed E-state index contributed by atoms with van der Waals surface area (Å²) in [5.74, 6) is 0.209. The summed E-state index contributed by atoms with van der Waals surface area (Å²) in [6.07, 6.45) is 2.45. The van der Waals surface area contributed by atoms with Crippen LogP contribution in [0.1, 0.15) is 45.8 Å². The van der Waals surface area contributed by atoms with Crippen molar-refractivity contribution in [3.05, 3.63) is 138 Å². The maximum absolute atomic E-state index is 13.7. The van der Waals surface area contributed by atoms with Gasteiger partial charge in [-0.1, -0.05) is 103 Å². The summed E-state index contributed by atoms with van der Waals surface area (Å²) >= 11 is 0. The van der Waals surface area contributed by atoms with Crippen LogP contribution in [0.3, 0.4) is 0 Å². The van der Waals surface area contributed by atoms with Gasteiger partial charge in [0.05, 0.1) is 11.4 Å². The zero-order chi connectivity index (χ0) is 23.2. The van der Waals surface area contributed by atoms with Crippen molar-refractivity contribution in [2.75, 3.05) is 5.43 Å². The molecule has 4 aromatic rings. The first kappa shape index (κ1) is 21.8. The maximum atomic E-state index is 13.7. The number of hydrogen-bond donors (Lipinski definition) is 1. The van der Waals surface area contributed by atoms with Crippen LogP contribution in [0.2, 0.25) is 0 Å². The highest BCUT2D eigenvalue weighted by Gasteiger charge is 2.35. The van der Waals surface area contributed by atoms with Gasteiger partial charge >= 0.3 is 0 Å². The second kappa shape index (κ2) is 10.3. The number of aryl methyl sites for hydroxylation is 1. The van der Waals surface area contributed by atoms with E-state index in [4.69, 9.17) is 5.10 Å². The Labute approximate surface area is 201 Å². The third-order valence-electron chi connectivity index (χ3n) is 6.67. The fraction of sp³-hybridized carbons (Fsp3) is 0.161. The van der Waals surface area contributed by atoms with Gasteiger partial charge in [-0.3, -0.25) is 10.2 Å². The number of carbonyl (C=O) groups excluding carboxylic acids is 1. The third kappa shape index (κ3) is 4.84. The molecule has 5 rings (SSSR count). The minimum atomic E-state index is -0.0806. The molecule has 0 saturated heterocycles. The summed E-state index contributed by atoms with van der Waals surface area (Å²) < 4.78 is 0. The molecule has 0 aliphatic heterocycles. The number of anilines is 1. The molecule has 2 unspecified atom stereocenters. The van der Waals surface area contributed by atoms with E-state index in [0.29, 0.717) is 6.42 Å². The van der Waals surface area contributed by atoms with Crippen LogP contribution in [0.4, 0.5) is 5.69 Å². The lowest BCUT2D eigenvalue weighted by Crippen LogP contribution is -2.29. The minimum absolute atomic E-state index is 0.0404. The number of nitrogens with one attached hydrogen (secondary N) is 1. The van der Waals surface area contributed by atoms with E-state index < -0.39 is 0 Å². The van der Waals surface area contributed by atoms with E-state index in [2.05, 4.69) is 47.9 Å². The quantitative estimate of drug-likeness (QED) is 0.243. The number of carbonyl (C=O) groups is 1. The van der Waals surface area contributed by atoms with Crippen LogP contribution >= 0.6 is 0 Å². The van der Waals surface area contributed by atoms with Crippen LogP contribution in [0.25, 0.3) is 0 Å². The molecule has 0 heterocycles. The smallest absolute Gasteiger partial charge is 0.166 e. The van der Waals surface area contributed by atoms with E-state index in [9.17, 15) is 4.79 Å². The number of hydrogen-bond acceptors (Lipinski definition) is 3. The standard InChI is InChI=1S/C31H28N2O/c34-31-27-19-11-10-14-24(27)20-21-28(31)29(23-12-4-1-5-13-23)22-30(25-15-6-2-7-16-25)33-32-26-17-8-3-9-18-26/h1-19,28-29,32H,20-22H2/b33-30-. The molecule has 0 spiro atoms. The Kier molecular flexibility index (Phi) is 6.62. The predicted octanol–water partition coefficient (Wildman–Crippen LogP) is 7.12. The summed E-state index contributed by atoms with van der Waals surface area (Å²) in [4.78, 5) is 13.7. The molecule has 1 aliphatic carbocycles. The third-order valence-corrected chi connectivity index (χ3v) is 6.67. The van der Waals surface area contributed by atoms with Crippen molar-refractivity contribution in [1.29, 1.82) is 0 Å². The molecule has 0 saturated carbocycles. The second-order valence-electron chi connectivity index (χ2n) is 8.79. The molecule has 0 bridgehead atoms. The maximum Gasteiger partial charge on any atom is 0.166 e. The van der Waals surface area contributed by atoms with Crippen LogP contribution in [0, 0.1) is 5.92 Å². The van der Waals surface area contributed by atoms with Gasteiger partial charge in [0.1, 0.15) is 0 Å². The van der Waals surface area contributed by atoms with Gasteiger partial charge in [-0.15, -0.1) is 0 Å². The number of Topliss-reactive ketones (excluding diaryl/α,β-unsaturated/α-hetero) is 1. The summed E-state index contributed by atoms with van der Waals surface area (Å²) in [6.45, 7) is 0. The van der Waals surface area contributed by atoms with Gasteiger partial charge in [0.2, 0.25) is 0 Å². The highest BCUT2D eigenvalue weighted by atomic mass is 16.1. The number of benzene rings is 4. The molecule has 3 nitrogen and oxygen atoms in total. The van der Waals surface area contributed by atoms with Gasteiger partial charge in [-0.05, 0) is 54.0 Å². The van der Waals surface area contributed by atoms with E-state index in [1.54, 1.807) is 0 Å². The Morgan fingerprint density at radius 2 is 1.41 bits per heavy atom. The van der Waals surface area contributed by atoms with Gasteiger partial charge < -0.3 is 0 Å². The Bertz CT molecular complexity index is 1270. The van der Waals surface area contributed by atoms with E-state index in [1.807, 2.05) is 72.8 Å². The zero-order valence-corrected chi connectivity index (χ0v) is 19.1. The van der Waals surface area contributed by atoms with Crippen LogP contribution in [0.15, 0.2) is 120 Å². The Morgan fingerprint density at radius 1 is 0.794 bits per heavy atom. The SMILES string of the molecule is O=C1c2ccccc2CCC1C(C/C(=N/Nc1ccccc1)c1ccccc1)c1ccccc1. The van der Waals surface area contributed by atoms with E-state index in [0.717, 1.165) is 35.4 Å². The zero-order valence-electron chi connectivity index (χ0n) is 19.1. The summed E-state index contributed by atoms with van der Waals surface area (Å²) in [5, 5.41) is 4.85. The van der Waals surface area contributed by atoms with Crippen molar-refractivity contribution in [3.63, 3.8) is 0 Å². The van der Waals surface area contributed by atoms with E-state index in [1.165, 1.54) is 11.1 Å². The molecule has 4 aromatic carbocycles. The molecular weight excluding hydrogens is 416 g/mol. The molecule has 34 heavy (non-hydrogen) atoms. The van der Waals surface area contributed by atoms with Crippen molar-refractivity contribution >= 4 is 17.2 Å². The fourth-order valence-electron chi connectivity index (χ4n) is 4.91. The van der Waals surface area contributed by atoms with Gasteiger partial charge in [-0.25, -0.2) is 0 Å². The van der Waals surface area contributed by atoms with E-state index >= 15 is 0 Å². The Hall–Kier alpha value is -3.98. The fourth-order valence-corrected chi connectivity index (χ4v) is 4.91. The molecule has 2 atom stereocenters.